The average molecular weight is 374 g/mol. The topological polar surface area (TPSA) is 89.7 Å². The number of rotatable bonds is 7. The van der Waals surface area contributed by atoms with Crippen LogP contribution >= 0.6 is 0 Å². The second kappa shape index (κ2) is 9.36. The van der Waals surface area contributed by atoms with Gasteiger partial charge < -0.3 is 24.2 Å². The molecule has 3 rings (SSSR count). The van der Waals surface area contributed by atoms with Crippen LogP contribution in [0.3, 0.4) is 0 Å². The molecule has 2 aromatic rings. The Labute approximate surface area is 158 Å². The number of urea groups is 1. The van der Waals surface area contributed by atoms with Crippen LogP contribution in [0.1, 0.15) is 37.9 Å². The first-order valence-electron chi connectivity index (χ1n) is 9.33. The Kier molecular flexibility index (Phi) is 6.64. The number of benzene rings is 1. The minimum absolute atomic E-state index is 0.171. The standard InChI is InChI=1S/C19H26N4O4/c1-3-23(12-18-20-14(2)22-27-18)19(24)21-15-7-9-16(10-8-15)26-13-17-6-4-5-11-25-17/h7-10,17H,3-6,11-13H2,1-2H3,(H,21,24)/t17-/m0/s1. The molecule has 1 saturated heterocycles. The molecule has 0 radical (unpaired) electrons. The number of anilines is 1. The number of carbonyl (C=O) groups excluding carboxylic acids is 1. The third-order valence-electron chi connectivity index (χ3n) is 4.38. The minimum atomic E-state index is -0.224. The van der Waals surface area contributed by atoms with Gasteiger partial charge in [0.05, 0.1) is 6.10 Å². The summed E-state index contributed by atoms with van der Waals surface area (Å²) in [5, 5.41) is 6.61. The Bertz CT molecular complexity index is 726. The molecule has 0 spiro atoms. The van der Waals surface area contributed by atoms with Crippen molar-refractivity contribution in [3.8, 4) is 5.75 Å². The summed E-state index contributed by atoms with van der Waals surface area (Å²) in [5.41, 5.74) is 0.696. The van der Waals surface area contributed by atoms with Gasteiger partial charge in [-0.3, -0.25) is 0 Å². The molecule has 1 N–H and O–H groups in total. The van der Waals surface area contributed by atoms with E-state index in [-0.39, 0.29) is 18.7 Å². The van der Waals surface area contributed by atoms with Crippen molar-refractivity contribution in [2.75, 3.05) is 25.1 Å². The Morgan fingerprint density at radius 1 is 1.33 bits per heavy atom. The summed E-state index contributed by atoms with van der Waals surface area (Å²) in [6.07, 6.45) is 3.53. The Morgan fingerprint density at radius 2 is 2.15 bits per heavy atom. The molecule has 1 aliphatic heterocycles. The summed E-state index contributed by atoms with van der Waals surface area (Å²) in [6.45, 7) is 5.80. The summed E-state index contributed by atoms with van der Waals surface area (Å²) in [7, 11) is 0. The zero-order chi connectivity index (χ0) is 19.1. The largest absolute Gasteiger partial charge is 0.491 e. The minimum Gasteiger partial charge on any atom is -0.491 e. The Hall–Kier alpha value is -2.61. The SMILES string of the molecule is CCN(Cc1nc(C)no1)C(=O)Nc1ccc(OC[C@@H]2CCCCO2)cc1. The van der Waals surface area contributed by atoms with E-state index in [1.54, 1.807) is 11.8 Å². The van der Waals surface area contributed by atoms with Gasteiger partial charge in [-0.05, 0) is 57.4 Å². The molecule has 0 bridgehead atoms. The van der Waals surface area contributed by atoms with Gasteiger partial charge in [0, 0.05) is 18.8 Å². The summed E-state index contributed by atoms with van der Waals surface area (Å²) in [4.78, 5) is 18.2. The van der Waals surface area contributed by atoms with Crippen molar-refractivity contribution in [2.45, 2.75) is 45.8 Å². The van der Waals surface area contributed by atoms with E-state index in [0.717, 1.165) is 25.2 Å². The first-order valence-corrected chi connectivity index (χ1v) is 9.33. The summed E-state index contributed by atoms with van der Waals surface area (Å²) >= 11 is 0. The highest BCUT2D eigenvalue weighted by Crippen LogP contribution is 2.19. The predicted molar refractivity (Wildman–Crippen MR) is 99.7 cm³/mol. The smallest absolute Gasteiger partial charge is 0.322 e. The van der Waals surface area contributed by atoms with Gasteiger partial charge in [-0.2, -0.15) is 4.98 Å². The maximum absolute atomic E-state index is 12.4. The van der Waals surface area contributed by atoms with Gasteiger partial charge in [0.2, 0.25) is 5.89 Å². The van der Waals surface area contributed by atoms with Crippen molar-refractivity contribution in [3.63, 3.8) is 0 Å². The van der Waals surface area contributed by atoms with Gasteiger partial charge in [-0.1, -0.05) is 5.16 Å². The van der Waals surface area contributed by atoms with Crippen molar-refractivity contribution >= 4 is 11.7 Å². The number of amides is 2. The average Bonchev–Trinajstić information content (AvgIpc) is 3.11. The molecule has 2 amide bonds. The van der Waals surface area contributed by atoms with Crippen LogP contribution in [0.25, 0.3) is 0 Å². The highest BCUT2D eigenvalue weighted by molar-refractivity contribution is 5.89. The molecule has 1 atom stereocenters. The summed E-state index contributed by atoms with van der Waals surface area (Å²) < 4.78 is 16.5. The van der Waals surface area contributed by atoms with Crippen LogP contribution in [0.2, 0.25) is 0 Å². The fourth-order valence-corrected chi connectivity index (χ4v) is 2.86. The molecule has 8 heteroatoms. The molecule has 1 aliphatic rings. The van der Waals surface area contributed by atoms with E-state index in [4.69, 9.17) is 14.0 Å². The lowest BCUT2D eigenvalue weighted by molar-refractivity contribution is -0.0110. The first kappa shape index (κ1) is 19.2. The number of nitrogens with one attached hydrogen (secondary N) is 1. The molecule has 146 valence electrons. The van der Waals surface area contributed by atoms with Gasteiger partial charge in [0.1, 0.15) is 18.9 Å². The van der Waals surface area contributed by atoms with E-state index < -0.39 is 0 Å². The van der Waals surface area contributed by atoms with Gasteiger partial charge in [0.15, 0.2) is 5.82 Å². The number of aromatic nitrogens is 2. The molecule has 1 aromatic heterocycles. The van der Waals surface area contributed by atoms with E-state index in [1.165, 1.54) is 6.42 Å². The molecule has 27 heavy (non-hydrogen) atoms. The van der Waals surface area contributed by atoms with Crippen molar-refractivity contribution in [2.24, 2.45) is 0 Å². The summed E-state index contributed by atoms with van der Waals surface area (Å²) in [5.74, 6) is 1.73. The van der Waals surface area contributed by atoms with Gasteiger partial charge in [0.25, 0.3) is 0 Å². The molecule has 2 heterocycles. The van der Waals surface area contributed by atoms with Crippen LogP contribution in [0.5, 0.6) is 5.75 Å². The highest BCUT2D eigenvalue weighted by atomic mass is 16.5. The van der Waals surface area contributed by atoms with Crippen molar-refractivity contribution in [1.82, 2.24) is 15.0 Å². The number of hydrogen-bond donors (Lipinski definition) is 1. The first-order chi connectivity index (χ1) is 13.1. The van der Waals surface area contributed by atoms with E-state index in [2.05, 4.69) is 15.5 Å². The van der Waals surface area contributed by atoms with E-state index in [1.807, 2.05) is 31.2 Å². The zero-order valence-corrected chi connectivity index (χ0v) is 15.8. The normalized spacial score (nSPS) is 16.7. The molecule has 8 nitrogen and oxygen atoms in total. The number of carbonyl (C=O) groups is 1. The number of hydrogen-bond acceptors (Lipinski definition) is 6. The third kappa shape index (κ3) is 5.68. The lowest BCUT2D eigenvalue weighted by Gasteiger charge is -2.22. The summed E-state index contributed by atoms with van der Waals surface area (Å²) in [6, 6.07) is 7.10. The lowest BCUT2D eigenvalue weighted by atomic mass is 10.1. The fourth-order valence-electron chi connectivity index (χ4n) is 2.86. The molecule has 0 aliphatic carbocycles. The monoisotopic (exact) mass is 374 g/mol. The van der Waals surface area contributed by atoms with Crippen LogP contribution in [0.15, 0.2) is 28.8 Å². The van der Waals surface area contributed by atoms with E-state index in [9.17, 15) is 4.79 Å². The van der Waals surface area contributed by atoms with Crippen LogP contribution < -0.4 is 10.1 Å². The van der Waals surface area contributed by atoms with E-state index >= 15 is 0 Å². The molecule has 0 unspecified atom stereocenters. The van der Waals surface area contributed by atoms with Crippen LogP contribution in [0, 0.1) is 6.92 Å². The molecular formula is C19H26N4O4. The number of ether oxygens (including phenoxy) is 2. The predicted octanol–water partition coefficient (Wildman–Crippen LogP) is 3.38. The molecular weight excluding hydrogens is 348 g/mol. The lowest BCUT2D eigenvalue weighted by Crippen LogP contribution is -2.34. The number of nitrogens with zero attached hydrogens (tertiary/aromatic N) is 3. The van der Waals surface area contributed by atoms with Crippen LogP contribution in [0.4, 0.5) is 10.5 Å². The Balaban J connectivity index is 1.49. The highest BCUT2D eigenvalue weighted by Gasteiger charge is 2.16. The maximum atomic E-state index is 12.4. The second-order valence-corrected chi connectivity index (χ2v) is 6.50. The Morgan fingerprint density at radius 3 is 2.78 bits per heavy atom. The van der Waals surface area contributed by atoms with Crippen LogP contribution in [-0.2, 0) is 11.3 Å². The zero-order valence-electron chi connectivity index (χ0n) is 15.8. The van der Waals surface area contributed by atoms with Crippen molar-refractivity contribution in [3.05, 3.63) is 36.0 Å². The molecule has 0 saturated carbocycles. The molecule has 1 aromatic carbocycles. The van der Waals surface area contributed by atoms with Crippen molar-refractivity contribution < 1.29 is 18.8 Å². The number of aryl methyl sites for hydroxylation is 1. The van der Waals surface area contributed by atoms with Gasteiger partial charge in [-0.25, -0.2) is 4.79 Å². The second-order valence-electron chi connectivity index (χ2n) is 6.50. The van der Waals surface area contributed by atoms with E-state index in [0.29, 0.717) is 30.6 Å². The quantitative estimate of drug-likeness (QED) is 0.799. The fraction of sp³-hybridized carbons (Fsp3) is 0.526. The van der Waals surface area contributed by atoms with Gasteiger partial charge >= 0.3 is 6.03 Å². The maximum Gasteiger partial charge on any atom is 0.322 e. The third-order valence-corrected chi connectivity index (χ3v) is 4.38. The van der Waals surface area contributed by atoms with Gasteiger partial charge in [-0.15, -0.1) is 0 Å². The molecule has 1 fully saturated rings. The van der Waals surface area contributed by atoms with Crippen molar-refractivity contribution in [1.29, 1.82) is 0 Å². The van der Waals surface area contributed by atoms with Crippen LogP contribution in [-0.4, -0.2) is 46.9 Å².